The van der Waals surface area contributed by atoms with Crippen molar-refractivity contribution in [2.45, 2.75) is 17.4 Å². The standard InChI is InChI=1S/C16H15BrO2S/c17-13-2-1-3-14(9-13)20-10-15(18)11-4-5-16-12(8-11)6-7-19-16/h1-5,8-9,15,18H,6-7,10H2. The molecule has 0 radical (unpaired) electrons. The number of thioether (sulfide) groups is 1. The van der Waals surface area contributed by atoms with Crippen LogP contribution in [0.4, 0.5) is 0 Å². The number of rotatable bonds is 4. The molecular formula is C16H15BrO2S. The van der Waals surface area contributed by atoms with Gasteiger partial charge >= 0.3 is 0 Å². The van der Waals surface area contributed by atoms with Crippen LogP contribution in [0.5, 0.6) is 5.75 Å². The summed E-state index contributed by atoms with van der Waals surface area (Å²) >= 11 is 5.12. The fourth-order valence-corrected chi connectivity index (χ4v) is 3.72. The number of hydrogen-bond donors (Lipinski definition) is 1. The molecule has 2 aromatic carbocycles. The lowest BCUT2D eigenvalue weighted by molar-refractivity contribution is 0.204. The maximum atomic E-state index is 10.3. The molecule has 0 aliphatic carbocycles. The molecule has 4 heteroatoms. The zero-order valence-electron chi connectivity index (χ0n) is 10.9. The molecule has 1 heterocycles. The van der Waals surface area contributed by atoms with Crippen molar-refractivity contribution in [3.05, 3.63) is 58.1 Å². The molecule has 0 saturated carbocycles. The van der Waals surface area contributed by atoms with E-state index in [4.69, 9.17) is 4.74 Å². The van der Waals surface area contributed by atoms with E-state index >= 15 is 0 Å². The highest BCUT2D eigenvalue weighted by Crippen LogP contribution is 2.31. The van der Waals surface area contributed by atoms with Crippen LogP contribution in [0.3, 0.4) is 0 Å². The van der Waals surface area contributed by atoms with Crippen molar-refractivity contribution in [2.24, 2.45) is 0 Å². The summed E-state index contributed by atoms with van der Waals surface area (Å²) in [5.41, 5.74) is 2.17. The second-order valence-electron chi connectivity index (χ2n) is 4.75. The number of ether oxygens (including phenoxy) is 1. The summed E-state index contributed by atoms with van der Waals surface area (Å²) < 4.78 is 6.55. The van der Waals surface area contributed by atoms with Gasteiger partial charge in [0.05, 0.1) is 12.7 Å². The molecule has 0 saturated heterocycles. The maximum absolute atomic E-state index is 10.3. The van der Waals surface area contributed by atoms with Gasteiger partial charge in [-0.1, -0.05) is 28.1 Å². The fraction of sp³-hybridized carbons (Fsp3) is 0.250. The molecule has 0 spiro atoms. The Bertz CT molecular complexity index is 615. The predicted octanol–water partition coefficient (Wildman–Crippen LogP) is 4.21. The molecule has 0 aromatic heterocycles. The Morgan fingerprint density at radius 3 is 3.00 bits per heavy atom. The van der Waals surface area contributed by atoms with Crippen LogP contribution in [0.1, 0.15) is 17.2 Å². The van der Waals surface area contributed by atoms with Crippen LogP contribution in [0.2, 0.25) is 0 Å². The molecule has 2 nitrogen and oxygen atoms in total. The van der Waals surface area contributed by atoms with Crippen molar-refractivity contribution in [1.29, 1.82) is 0 Å². The van der Waals surface area contributed by atoms with Gasteiger partial charge in [0.15, 0.2) is 0 Å². The van der Waals surface area contributed by atoms with Gasteiger partial charge in [-0.2, -0.15) is 0 Å². The number of halogens is 1. The van der Waals surface area contributed by atoms with Gasteiger partial charge in [0.25, 0.3) is 0 Å². The molecule has 1 aliphatic heterocycles. The number of fused-ring (bicyclic) bond motifs is 1. The first kappa shape index (κ1) is 14.0. The second-order valence-corrected chi connectivity index (χ2v) is 6.76. The summed E-state index contributed by atoms with van der Waals surface area (Å²) in [5.74, 6) is 1.61. The molecule has 0 fully saturated rings. The second kappa shape index (κ2) is 6.20. The number of hydrogen-bond acceptors (Lipinski definition) is 3. The van der Waals surface area contributed by atoms with Gasteiger partial charge in [0.1, 0.15) is 5.75 Å². The quantitative estimate of drug-likeness (QED) is 0.837. The molecule has 104 valence electrons. The van der Waals surface area contributed by atoms with Crippen LogP contribution in [-0.2, 0) is 6.42 Å². The van der Waals surface area contributed by atoms with Crippen LogP contribution >= 0.6 is 27.7 Å². The number of aliphatic hydroxyl groups is 1. The van der Waals surface area contributed by atoms with Gasteiger partial charge < -0.3 is 9.84 Å². The minimum absolute atomic E-state index is 0.454. The third-order valence-corrected chi connectivity index (χ3v) is 4.87. The minimum Gasteiger partial charge on any atom is -0.493 e. The Labute approximate surface area is 131 Å². The highest BCUT2D eigenvalue weighted by atomic mass is 79.9. The zero-order chi connectivity index (χ0) is 13.9. The summed E-state index contributed by atoms with van der Waals surface area (Å²) in [7, 11) is 0. The molecule has 1 unspecified atom stereocenters. The summed E-state index contributed by atoms with van der Waals surface area (Å²) in [6.45, 7) is 0.752. The summed E-state index contributed by atoms with van der Waals surface area (Å²) in [6.07, 6.45) is 0.485. The zero-order valence-corrected chi connectivity index (χ0v) is 13.3. The SMILES string of the molecule is OC(CSc1cccc(Br)c1)c1ccc2c(c1)CCO2. The molecule has 20 heavy (non-hydrogen) atoms. The lowest BCUT2D eigenvalue weighted by Gasteiger charge is -2.12. The molecule has 1 aliphatic rings. The summed E-state index contributed by atoms with van der Waals surface area (Å²) in [4.78, 5) is 1.16. The van der Waals surface area contributed by atoms with Crippen LogP contribution in [-0.4, -0.2) is 17.5 Å². The van der Waals surface area contributed by atoms with E-state index in [-0.39, 0.29) is 0 Å². The lowest BCUT2D eigenvalue weighted by atomic mass is 10.1. The van der Waals surface area contributed by atoms with E-state index in [1.165, 1.54) is 5.56 Å². The summed E-state index contributed by atoms with van der Waals surface area (Å²) in [6, 6.07) is 14.1. The Morgan fingerprint density at radius 1 is 1.25 bits per heavy atom. The van der Waals surface area contributed by atoms with Gasteiger partial charge in [-0.05, 0) is 41.5 Å². The monoisotopic (exact) mass is 350 g/mol. The van der Waals surface area contributed by atoms with Gasteiger partial charge in [-0.25, -0.2) is 0 Å². The van der Waals surface area contributed by atoms with Crippen molar-refractivity contribution in [2.75, 3.05) is 12.4 Å². The third-order valence-electron chi connectivity index (χ3n) is 3.30. The van der Waals surface area contributed by atoms with Crippen molar-refractivity contribution in [1.82, 2.24) is 0 Å². The number of aliphatic hydroxyl groups excluding tert-OH is 1. The molecule has 2 aromatic rings. The fourth-order valence-electron chi connectivity index (χ4n) is 2.24. The molecule has 0 amide bonds. The Morgan fingerprint density at radius 2 is 2.15 bits per heavy atom. The Hall–Kier alpha value is -0.970. The number of benzene rings is 2. The van der Waals surface area contributed by atoms with E-state index < -0.39 is 6.10 Å². The predicted molar refractivity (Wildman–Crippen MR) is 85.5 cm³/mol. The van der Waals surface area contributed by atoms with Gasteiger partial charge in [0.2, 0.25) is 0 Å². The van der Waals surface area contributed by atoms with E-state index in [0.29, 0.717) is 5.75 Å². The van der Waals surface area contributed by atoms with Crippen LogP contribution < -0.4 is 4.74 Å². The van der Waals surface area contributed by atoms with E-state index in [1.807, 2.05) is 24.3 Å². The topological polar surface area (TPSA) is 29.5 Å². The van der Waals surface area contributed by atoms with Crippen molar-refractivity contribution >= 4 is 27.7 Å². The first-order valence-corrected chi connectivity index (χ1v) is 8.32. The van der Waals surface area contributed by atoms with Crippen molar-refractivity contribution in [3.8, 4) is 5.75 Å². The first-order chi connectivity index (χ1) is 9.72. The Balaban J connectivity index is 1.66. The van der Waals surface area contributed by atoms with E-state index in [0.717, 1.165) is 33.7 Å². The maximum Gasteiger partial charge on any atom is 0.122 e. The van der Waals surface area contributed by atoms with Gasteiger partial charge in [-0.15, -0.1) is 11.8 Å². The molecule has 1 atom stereocenters. The van der Waals surface area contributed by atoms with Crippen LogP contribution in [0.25, 0.3) is 0 Å². The average molecular weight is 351 g/mol. The largest absolute Gasteiger partial charge is 0.493 e. The lowest BCUT2D eigenvalue weighted by Crippen LogP contribution is -2.01. The van der Waals surface area contributed by atoms with E-state index in [1.54, 1.807) is 11.8 Å². The van der Waals surface area contributed by atoms with Crippen molar-refractivity contribution < 1.29 is 9.84 Å². The molecule has 0 bridgehead atoms. The highest BCUT2D eigenvalue weighted by Gasteiger charge is 2.15. The first-order valence-electron chi connectivity index (χ1n) is 6.54. The molecule has 3 rings (SSSR count). The van der Waals surface area contributed by atoms with E-state index in [2.05, 4.69) is 34.1 Å². The van der Waals surface area contributed by atoms with E-state index in [9.17, 15) is 5.11 Å². The normalized spacial score (nSPS) is 14.7. The molecular weight excluding hydrogens is 336 g/mol. The van der Waals surface area contributed by atoms with Crippen LogP contribution in [0.15, 0.2) is 51.8 Å². The van der Waals surface area contributed by atoms with Crippen LogP contribution in [0, 0.1) is 0 Å². The summed E-state index contributed by atoms with van der Waals surface area (Å²) in [5, 5.41) is 10.3. The van der Waals surface area contributed by atoms with Gasteiger partial charge in [0, 0.05) is 21.5 Å². The smallest absolute Gasteiger partial charge is 0.122 e. The van der Waals surface area contributed by atoms with Crippen molar-refractivity contribution in [3.63, 3.8) is 0 Å². The highest BCUT2D eigenvalue weighted by molar-refractivity contribution is 9.10. The minimum atomic E-state index is -0.454. The Kier molecular flexibility index (Phi) is 4.34. The van der Waals surface area contributed by atoms with Gasteiger partial charge in [-0.3, -0.25) is 0 Å². The third kappa shape index (κ3) is 3.19. The molecule has 1 N–H and O–H groups in total. The average Bonchev–Trinajstić information content (AvgIpc) is 2.92.